The summed E-state index contributed by atoms with van der Waals surface area (Å²) in [6.07, 6.45) is 2.15. The number of carboxylic acid groups (broad SMARTS) is 1. The highest BCUT2D eigenvalue weighted by atomic mass is 32.2. The molecule has 0 spiro atoms. The van der Waals surface area contributed by atoms with Crippen molar-refractivity contribution in [1.29, 1.82) is 0 Å². The van der Waals surface area contributed by atoms with Gasteiger partial charge in [0.15, 0.2) is 0 Å². The molecular formula is C39H44N5O8PS. The second-order valence-corrected chi connectivity index (χ2v) is 15.8. The third-order valence-corrected chi connectivity index (χ3v) is 11.7. The van der Waals surface area contributed by atoms with Crippen molar-refractivity contribution < 1.29 is 38.8 Å². The summed E-state index contributed by atoms with van der Waals surface area (Å²) >= 11 is 1.44. The van der Waals surface area contributed by atoms with Crippen LogP contribution >= 0.6 is 19.1 Å². The number of amides is 4. The van der Waals surface area contributed by atoms with E-state index in [-0.39, 0.29) is 25.0 Å². The number of aromatic hydroxyl groups is 1. The van der Waals surface area contributed by atoms with Crippen molar-refractivity contribution in [3.05, 3.63) is 126 Å². The van der Waals surface area contributed by atoms with E-state index in [4.69, 9.17) is 0 Å². The molecule has 13 nitrogen and oxygen atoms in total. The molecule has 0 fully saturated rings. The van der Waals surface area contributed by atoms with E-state index in [1.54, 1.807) is 103 Å². The molecule has 284 valence electrons. The van der Waals surface area contributed by atoms with Crippen LogP contribution in [0, 0.1) is 0 Å². The SMILES string of the molecule is CSCC[C@H](NC(=O)[C@H](Cc1ccccc1)NC(=O)CNC(=O)CNC(=O)[C@H](Cc1ccc(O)cc1)NP(=O)(c1ccccc1)c1ccccc1)C(=O)O. The van der Waals surface area contributed by atoms with Gasteiger partial charge in [0.05, 0.1) is 19.1 Å². The minimum absolute atomic E-state index is 0.0373. The number of phenols is 1. The molecule has 0 aromatic heterocycles. The molecule has 4 aromatic carbocycles. The minimum atomic E-state index is -3.60. The summed E-state index contributed by atoms with van der Waals surface area (Å²) in [5.74, 6) is -3.39. The molecule has 0 aliphatic carbocycles. The summed E-state index contributed by atoms with van der Waals surface area (Å²) in [6.45, 7) is -1.06. The van der Waals surface area contributed by atoms with Crippen LogP contribution in [0.15, 0.2) is 115 Å². The normalized spacial score (nSPS) is 12.8. The Morgan fingerprint density at radius 2 is 1.15 bits per heavy atom. The topological polar surface area (TPSA) is 203 Å². The van der Waals surface area contributed by atoms with Gasteiger partial charge in [-0.25, -0.2) is 9.88 Å². The van der Waals surface area contributed by atoms with Gasteiger partial charge in [-0.05, 0) is 72.4 Å². The lowest BCUT2D eigenvalue weighted by atomic mass is 10.0. The van der Waals surface area contributed by atoms with Crippen LogP contribution in [0.1, 0.15) is 17.5 Å². The fourth-order valence-corrected chi connectivity index (χ4v) is 8.36. The van der Waals surface area contributed by atoms with Crippen LogP contribution in [0.3, 0.4) is 0 Å². The Morgan fingerprint density at radius 1 is 0.630 bits per heavy atom. The first-order valence-electron chi connectivity index (χ1n) is 17.1. The molecule has 4 amide bonds. The molecule has 54 heavy (non-hydrogen) atoms. The van der Waals surface area contributed by atoms with Gasteiger partial charge in [-0.1, -0.05) is 78.9 Å². The average Bonchev–Trinajstić information content (AvgIpc) is 3.18. The van der Waals surface area contributed by atoms with Crippen molar-refractivity contribution in [2.24, 2.45) is 0 Å². The number of carboxylic acids is 1. The zero-order valence-corrected chi connectivity index (χ0v) is 31.4. The van der Waals surface area contributed by atoms with E-state index in [1.165, 1.54) is 23.9 Å². The Balaban J connectivity index is 1.42. The number of phenolic OH excluding ortho intramolecular Hbond substituents is 1. The molecule has 4 aromatic rings. The maximum absolute atomic E-state index is 14.8. The Bertz CT molecular complexity index is 1860. The first kappa shape index (κ1) is 41.3. The van der Waals surface area contributed by atoms with E-state index >= 15 is 0 Å². The standard InChI is InChI=1S/C39H44N5O8PS/c1-54-22-21-32(39(50)51)43-38(49)33(23-27-11-5-2-6-12-27)42-36(47)26-40-35(46)25-41-37(48)34(24-28-17-19-29(45)20-18-28)44-53(52,30-13-7-3-8-14-30)31-15-9-4-10-16-31/h2-20,32-34,45H,21-26H2,1H3,(H,40,46)(H,41,48)(H,42,47)(H,43,49)(H,44,52)(H,50,51)/t32-,33-,34-/m0/s1. The number of aliphatic carboxylic acids is 1. The monoisotopic (exact) mass is 773 g/mol. The van der Waals surface area contributed by atoms with Crippen LogP contribution in [0.4, 0.5) is 0 Å². The fourth-order valence-electron chi connectivity index (χ4n) is 5.46. The summed E-state index contributed by atoms with van der Waals surface area (Å²) in [6, 6.07) is 29.1. The van der Waals surface area contributed by atoms with Gasteiger partial charge in [0.25, 0.3) is 0 Å². The number of carbonyl (C=O) groups is 5. The largest absolute Gasteiger partial charge is 0.508 e. The van der Waals surface area contributed by atoms with Gasteiger partial charge in [-0.3, -0.25) is 23.7 Å². The summed E-state index contributed by atoms with van der Waals surface area (Å²) in [4.78, 5) is 64.5. The van der Waals surface area contributed by atoms with Crippen molar-refractivity contribution in [3.63, 3.8) is 0 Å². The van der Waals surface area contributed by atoms with Crippen LogP contribution < -0.4 is 37.0 Å². The zero-order chi connectivity index (χ0) is 38.9. The van der Waals surface area contributed by atoms with Crippen LogP contribution in [0.5, 0.6) is 5.75 Å². The molecule has 0 unspecified atom stereocenters. The average molecular weight is 774 g/mol. The lowest BCUT2D eigenvalue weighted by Gasteiger charge is -2.26. The molecule has 0 saturated heterocycles. The van der Waals surface area contributed by atoms with Crippen molar-refractivity contribution in [3.8, 4) is 5.75 Å². The first-order valence-corrected chi connectivity index (χ1v) is 20.3. The minimum Gasteiger partial charge on any atom is -0.508 e. The third-order valence-electron chi connectivity index (χ3n) is 8.30. The Hall–Kier alpha value is -5.43. The lowest BCUT2D eigenvalue weighted by molar-refractivity contribution is -0.142. The number of benzene rings is 4. The van der Waals surface area contributed by atoms with Gasteiger partial charge in [0.2, 0.25) is 30.9 Å². The predicted octanol–water partition coefficient (Wildman–Crippen LogP) is 2.10. The molecule has 4 rings (SSSR count). The van der Waals surface area contributed by atoms with E-state index in [9.17, 15) is 38.8 Å². The number of carbonyl (C=O) groups excluding carboxylic acids is 4. The molecule has 0 radical (unpaired) electrons. The molecule has 3 atom stereocenters. The fraction of sp³-hybridized carbons (Fsp3) is 0.256. The second-order valence-electron chi connectivity index (χ2n) is 12.3. The maximum Gasteiger partial charge on any atom is 0.326 e. The molecule has 0 saturated carbocycles. The second kappa shape index (κ2) is 20.7. The van der Waals surface area contributed by atoms with Gasteiger partial charge >= 0.3 is 5.97 Å². The predicted molar refractivity (Wildman–Crippen MR) is 209 cm³/mol. The van der Waals surface area contributed by atoms with E-state index in [1.807, 2.05) is 6.26 Å². The maximum atomic E-state index is 14.8. The quantitative estimate of drug-likeness (QED) is 0.0653. The van der Waals surface area contributed by atoms with Crippen molar-refractivity contribution in [1.82, 2.24) is 26.4 Å². The van der Waals surface area contributed by atoms with E-state index in [0.717, 1.165) is 5.56 Å². The highest BCUT2D eigenvalue weighted by Crippen LogP contribution is 2.39. The molecule has 0 bridgehead atoms. The van der Waals surface area contributed by atoms with Gasteiger partial charge in [-0.15, -0.1) is 0 Å². The van der Waals surface area contributed by atoms with Gasteiger partial charge in [0, 0.05) is 17.0 Å². The van der Waals surface area contributed by atoms with Crippen LogP contribution in [-0.4, -0.2) is 83.0 Å². The number of thioether (sulfide) groups is 1. The van der Waals surface area contributed by atoms with Gasteiger partial charge < -0.3 is 31.5 Å². The molecule has 15 heteroatoms. The van der Waals surface area contributed by atoms with E-state index < -0.39 is 68.1 Å². The smallest absolute Gasteiger partial charge is 0.326 e. The highest BCUT2D eigenvalue weighted by molar-refractivity contribution is 7.98. The van der Waals surface area contributed by atoms with Crippen LogP contribution in [0.25, 0.3) is 0 Å². The number of hydrogen-bond donors (Lipinski definition) is 7. The van der Waals surface area contributed by atoms with Crippen molar-refractivity contribution in [2.45, 2.75) is 37.4 Å². The summed E-state index contributed by atoms with van der Waals surface area (Å²) in [5, 5.41) is 33.5. The van der Waals surface area contributed by atoms with Crippen LogP contribution in [0.2, 0.25) is 0 Å². The highest BCUT2D eigenvalue weighted by Gasteiger charge is 2.33. The summed E-state index contributed by atoms with van der Waals surface area (Å²) < 4.78 is 14.8. The third kappa shape index (κ3) is 12.6. The van der Waals surface area contributed by atoms with Gasteiger partial charge in [-0.2, -0.15) is 11.8 Å². The molecular weight excluding hydrogens is 729 g/mol. The number of nitrogens with one attached hydrogen (secondary N) is 5. The number of rotatable bonds is 20. The van der Waals surface area contributed by atoms with E-state index in [0.29, 0.717) is 21.9 Å². The Labute approximate surface area is 318 Å². The van der Waals surface area contributed by atoms with Crippen molar-refractivity contribution >= 4 is 59.3 Å². The molecule has 7 N–H and O–H groups in total. The number of hydrogen-bond acceptors (Lipinski definition) is 8. The van der Waals surface area contributed by atoms with Crippen LogP contribution in [-0.2, 0) is 41.4 Å². The van der Waals surface area contributed by atoms with Crippen molar-refractivity contribution in [2.75, 3.05) is 25.1 Å². The Kier molecular flexibility index (Phi) is 15.9. The summed E-state index contributed by atoms with van der Waals surface area (Å²) in [5.41, 5.74) is 1.38. The van der Waals surface area contributed by atoms with Gasteiger partial charge in [0.1, 0.15) is 17.8 Å². The lowest BCUT2D eigenvalue weighted by Crippen LogP contribution is -2.54. The summed E-state index contributed by atoms with van der Waals surface area (Å²) in [7, 11) is -3.60. The van der Waals surface area contributed by atoms with E-state index in [2.05, 4.69) is 26.4 Å². The Morgan fingerprint density at radius 3 is 1.70 bits per heavy atom. The first-order chi connectivity index (χ1) is 26.0. The molecule has 0 aliphatic heterocycles. The zero-order valence-electron chi connectivity index (χ0n) is 29.6. The molecule has 0 heterocycles. The molecule has 0 aliphatic rings.